The number of aromatic nitrogens is 2. The van der Waals surface area contributed by atoms with Gasteiger partial charge in [0.25, 0.3) is 0 Å². The van der Waals surface area contributed by atoms with Crippen molar-refractivity contribution in [2.24, 2.45) is 0 Å². The zero-order chi connectivity index (χ0) is 23.5. The van der Waals surface area contributed by atoms with Crippen LogP contribution in [-0.4, -0.2) is 27.8 Å². The molecule has 1 aliphatic rings. The minimum absolute atomic E-state index is 0.474. The molecule has 4 aromatic rings. The van der Waals surface area contributed by atoms with Gasteiger partial charge in [0.05, 0.1) is 30.0 Å². The maximum absolute atomic E-state index is 11.6. The molecule has 0 spiro atoms. The number of nitrogens with zero attached hydrogens (tertiary/aromatic N) is 2. The van der Waals surface area contributed by atoms with Gasteiger partial charge in [-0.25, -0.2) is 0 Å². The summed E-state index contributed by atoms with van der Waals surface area (Å²) in [6.07, 6.45) is 3.89. The van der Waals surface area contributed by atoms with Crippen LogP contribution in [0.1, 0.15) is 35.4 Å². The number of pyridine rings is 1. The number of hydrogen-bond acceptors (Lipinski definition) is 5. The fourth-order valence-electron chi connectivity index (χ4n) is 4.29. The van der Waals surface area contributed by atoms with Crippen LogP contribution in [0.25, 0.3) is 22.5 Å². The normalized spacial score (nSPS) is 14.1. The van der Waals surface area contributed by atoms with Crippen molar-refractivity contribution in [3.05, 3.63) is 95.4 Å². The highest BCUT2D eigenvalue weighted by Crippen LogP contribution is 2.48. The van der Waals surface area contributed by atoms with E-state index in [2.05, 4.69) is 10.1 Å². The number of aryl methyl sites for hydroxylation is 1. The van der Waals surface area contributed by atoms with Crippen LogP contribution in [0.3, 0.4) is 0 Å². The average molecular weight is 455 g/mol. The molecule has 6 heteroatoms. The van der Waals surface area contributed by atoms with Gasteiger partial charge in [0, 0.05) is 23.7 Å². The summed E-state index contributed by atoms with van der Waals surface area (Å²) in [5, 5.41) is 13.7. The maximum atomic E-state index is 11.6. The molecule has 0 amide bonds. The molecule has 1 fully saturated rings. The Morgan fingerprint density at radius 1 is 1.00 bits per heavy atom. The van der Waals surface area contributed by atoms with Crippen LogP contribution in [0.15, 0.2) is 77.4 Å². The summed E-state index contributed by atoms with van der Waals surface area (Å²) in [6.45, 7) is 2.97. The predicted octanol–water partition coefficient (Wildman–Crippen LogP) is 5.59. The number of rotatable bonds is 9. The van der Waals surface area contributed by atoms with Crippen molar-refractivity contribution in [1.82, 2.24) is 10.1 Å². The highest BCUT2D eigenvalue weighted by atomic mass is 16.5. The van der Waals surface area contributed by atoms with Gasteiger partial charge in [0.2, 0.25) is 0 Å². The Hall–Kier alpha value is -3.77. The molecule has 2 heterocycles. The lowest BCUT2D eigenvalue weighted by Gasteiger charge is -2.11. The lowest BCUT2D eigenvalue weighted by Crippen LogP contribution is -2.19. The number of carboxylic acid groups (broad SMARTS) is 1. The first-order valence-electron chi connectivity index (χ1n) is 11.4. The summed E-state index contributed by atoms with van der Waals surface area (Å²) >= 11 is 0. The first-order valence-corrected chi connectivity index (χ1v) is 11.4. The van der Waals surface area contributed by atoms with Crippen LogP contribution in [0.5, 0.6) is 0 Å². The predicted molar refractivity (Wildman–Crippen MR) is 128 cm³/mol. The van der Waals surface area contributed by atoms with Gasteiger partial charge >= 0.3 is 5.97 Å². The number of hydrogen-bond donors (Lipinski definition) is 1. The van der Waals surface area contributed by atoms with Crippen LogP contribution in [0, 0.1) is 6.92 Å². The molecule has 0 aliphatic heterocycles. The SMILES string of the molecule is Cc1noc(-c2ccc(-c3ccc(C4(C(=O)O)CC4)cc3)cc2)c1CCOCc1ccccn1. The summed E-state index contributed by atoms with van der Waals surface area (Å²) in [4.78, 5) is 15.8. The molecule has 0 saturated heterocycles. The van der Waals surface area contributed by atoms with E-state index < -0.39 is 11.4 Å². The molecule has 1 saturated carbocycles. The quantitative estimate of drug-likeness (QED) is 0.332. The average Bonchev–Trinajstić information content (AvgIpc) is 3.61. The van der Waals surface area contributed by atoms with Crippen LogP contribution in [-0.2, 0) is 28.0 Å². The Kier molecular flexibility index (Phi) is 5.99. The zero-order valence-corrected chi connectivity index (χ0v) is 19.0. The smallest absolute Gasteiger partial charge is 0.314 e. The third-order valence-corrected chi connectivity index (χ3v) is 6.53. The fraction of sp³-hybridized carbons (Fsp3) is 0.250. The van der Waals surface area contributed by atoms with Crippen molar-refractivity contribution in [1.29, 1.82) is 0 Å². The second-order valence-corrected chi connectivity index (χ2v) is 8.74. The largest absolute Gasteiger partial charge is 0.481 e. The molecule has 2 aromatic carbocycles. The maximum Gasteiger partial charge on any atom is 0.314 e. The van der Waals surface area contributed by atoms with Crippen LogP contribution in [0.2, 0.25) is 0 Å². The molecule has 0 radical (unpaired) electrons. The number of benzene rings is 2. The summed E-state index contributed by atoms with van der Waals surface area (Å²) in [5.74, 6) is 0.0304. The van der Waals surface area contributed by atoms with Gasteiger partial charge in [-0.15, -0.1) is 0 Å². The number of carboxylic acids is 1. The van der Waals surface area contributed by atoms with Crippen LogP contribution < -0.4 is 0 Å². The molecule has 34 heavy (non-hydrogen) atoms. The molecule has 5 rings (SSSR count). The summed E-state index contributed by atoms with van der Waals surface area (Å²) in [5.41, 5.74) is 6.09. The third-order valence-electron chi connectivity index (χ3n) is 6.53. The van der Waals surface area contributed by atoms with Crippen molar-refractivity contribution in [3.8, 4) is 22.5 Å². The summed E-state index contributed by atoms with van der Waals surface area (Å²) in [7, 11) is 0. The molecule has 0 bridgehead atoms. The first-order chi connectivity index (χ1) is 16.6. The van der Waals surface area contributed by atoms with Crippen LogP contribution in [0.4, 0.5) is 0 Å². The standard InChI is InChI=1S/C28H26N2O4/c1-19-25(13-17-33-18-24-4-2-3-16-29-24)26(34-30-19)22-7-5-20(6-8-22)21-9-11-23(12-10-21)28(14-15-28)27(31)32/h2-12,16H,13-15,17-18H2,1H3,(H,31,32). The van der Waals surface area contributed by atoms with Gasteiger partial charge in [0.15, 0.2) is 5.76 Å². The minimum atomic E-state index is -0.732. The molecule has 1 N–H and O–H groups in total. The Morgan fingerprint density at radius 2 is 1.68 bits per heavy atom. The van der Waals surface area contributed by atoms with E-state index >= 15 is 0 Å². The van der Waals surface area contributed by atoms with Gasteiger partial charge in [-0.1, -0.05) is 59.8 Å². The van der Waals surface area contributed by atoms with Gasteiger partial charge in [-0.05, 0) is 48.6 Å². The van der Waals surface area contributed by atoms with E-state index in [-0.39, 0.29) is 0 Å². The Bertz CT molecular complexity index is 1270. The molecule has 0 unspecified atom stereocenters. The van der Waals surface area contributed by atoms with Gasteiger partial charge in [0.1, 0.15) is 0 Å². The second kappa shape index (κ2) is 9.23. The van der Waals surface area contributed by atoms with E-state index in [4.69, 9.17) is 9.26 Å². The minimum Gasteiger partial charge on any atom is -0.481 e. The van der Waals surface area contributed by atoms with E-state index in [0.29, 0.717) is 32.5 Å². The highest BCUT2D eigenvalue weighted by Gasteiger charge is 2.51. The number of aliphatic carboxylic acids is 1. The third kappa shape index (κ3) is 4.37. The van der Waals surface area contributed by atoms with Crippen LogP contribution >= 0.6 is 0 Å². The van der Waals surface area contributed by atoms with E-state index in [1.165, 1.54) is 0 Å². The molecule has 172 valence electrons. The van der Waals surface area contributed by atoms with E-state index in [1.807, 2.05) is 73.7 Å². The monoisotopic (exact) mass is 454 g/mol. The Morgan fingerprint density at radius 3 is 2.29 bits per heavy atom. The lowest BCUT2D eigenvalue weighted by molar-refractivity contribution is -0.140. The van der Waals surface area contributed by atoms with Crippen molar-refractivity contribution >= 4 is 5.97 Å². The Labute approximate surface area is 198 Å². The first kappa shape index (κ1) is 22.0. The van der Waals surface area contributed by atoms with Crippen molar-refractivity contribution in [3.63, 3.8) is 0 Å². The van der Waals surface area contributed by atoms with E-state index in [1.54, 1.807) is 6.20 Å². The Balaban J connectivity index is 1.26. The van der Waals surface area contributed by atoms with E-state index in [0.717, 1.165) is 45.0 Å². The zero-order valence-electron chi connectivity index (χ0n) is 19.0. The highest BCUT2D eigenvalue weighted by molar-refractivity contribution is 5.85. The van der Waals surface area contributed by atoms with E-state index in [9.17, 15) is 9.90 Å². The molecular weight excluding hydrogens is 428 g/mol. The van der Waals surface area contributed by atoms with Crippen molar-refractivity contribution in [2.45, 2.75) is 38.2 Å². The second-order valence-electron chi connectivity index (χ2n) is 8.74. The number of ether oxygens (including phenoxy) is 1. The lowest BCUT2D eigenvalue weighted by atomic mass is 9.93. The van der Waals surface area contributed by atoms with Gasteiger partial charge < -0.3 is 14.4 Å². The van der Waals surface area contributed by atoms with Crippen molar-refractivity contribution in [2.75, 3.05) is 6.61 Å². The summed E-state index contributed by atoms with van der Waals surface area (Å²) < 4.78 is 11.5. The molecule has 2 aromatic heterocycles. The molecule has 6 nitrogen and oxygen atoms in total. The fourth-order valence-corrected chi connectivity index (χ4v) is 4.29. The van der Waals surface area contributed by atoms with Crippen molar-refractivity contribution < 1.29 is 19.2 Å². The summed E-state index contributed by atoms with van der Waals surface area (Å²) in [6, 6.07) is 21.8. The topological polar surface area (TPSA) is 85.5 Å². The molecule has 0 atom stereocenters. The number of carbonyl (C=O) groups is 1. The molecular formula is C28H26N2O4. The molecule has 1 aliphatic carbocycles. The van der Waals surface area contributed by atoms with Gasteiger partial charge in [-0.3, -0.25) is 9.78 Å². The van der Waals surface area contributed by atoms with Gasteiger partial charge in [-0.2, -0.15) is 0 Å².